The second-order valence-electron chi connectivity index (χ2n) is 12.5. The van der Waals surface area contributed by atoms with Gasteiger partial charge in [-0.3, -0.25) is 0 Å². The fourth-order valence-electron chi connectivity index (χ4n) is 5.42. The molecule has 313 valence electrons. The maximum absolute atomic E-state index is 12.4. The van der Waals surface area contributed by atoms with Gasteiger partial charge in [-0.15, -0.1) is 20.5 Å². The summed E-state index contributed by atoms with van der Waals surface area (Å²) in [6.07, 6.45) is 1.06. The third kappa shape index (κ3) is 13.2. The van der Waals surface area contributed by atoms with Crippen molar-refractivity contribution in [2.75, 3.05) is 40.5 Å². The number of fused-ring (bicyclic) bond motifs is 2. The molecule has 60 heavy (non-hydrogen) atoms. The third-order valence-corrected chi connectivity index (χ3v) is 11.3. The summed E-state index contributed by atoms with van der Waals surface area (Å²) in [5.74, 6) is -0.607. The molecule has 0 aliphatic heterocycles. The van der Waals surface area contributed by atoms with Crippen LogP contribution in [0.2, 0.25) is 0 Å². The topological polar surface area (TPSA) is 241 Å². The Morgan fingerprint density at radius 1 is 0.517 bits per heavy atom. The molecule has 0 heterocycles. The number of phenols is 4. The van der Waals surface area contributed by atoms with E-state index < -0.39 is 20.0 Å². The van der Waals surface area contributed by atoms with Crippen molar-refractivity contribution in [2.24, 2.45) is 20.5 Å². The van der Waals surface area contributed by atoms with Crippen molar-refractivity contribution >= 4 is 64.3 Å². The number of ether oxygens (including phenoxy) is 2. The van der Waals surface area contributed by atoms with Crippen LogP contribution in [0.4, 0.5) is 22.7 Å². The predicted molar refractivity (Wildman–Crippen MR) is 219 cm³/mol. The zero-order valence-electron chi connectivity index (χ0n) is 32.8. The van der Waals surface area contributed by atoms with Gasteiger partial charge in [-0.05, 0) is 72.1 Å². The van der Waals surface area contributed by atoms with Crippen LogP contribution in [0.3, 0.4) is 0 Å². The summed E-state index contributed by atoms with van der Waals surface area (Å²) in [7, 11) is -4.46. The van der Waals surface area contributed by atoms with Gasteiger partial charge in [0.2, 0.25) is 20.0 Å². The van der Waals surface area contributed by atoms with Crippen LogP contribution in [0.1, 0.15) is 12.8 Å². The van der Waals surface area contributed by atoms with E-state index in [0.29, 0.717) is 36.8 Å². The number of phenolic OH excluding ortho intramolecular Hbond substituents is 4. The third-order valence-electron chi connectivity index (χ3n) is 8.42. The smallest absolute Gasteiger partial charge is 0.506 e. The van der Waals surface area contributed by atoms with Crippen molar-refractivity contribution in [3.05, 3.63) is 109 Å². The van der Waals surface area contributed by atoms with Crippen molar-refractivity contribution in [2.45, 2.75) is 22.6 Å². The van der Waals surface area contributed by atoms with E-state index in [9.17, 15) is 37.3 Å². The minimum atomic E-state index is -3.77. The van der Waals surface area contributed by atoms with Gasteiger partial charge < -0.3 is 29.9 Å². The molecule has 6 aromatic carbocycles. The molecule has 6 rings (SSSR count). The molecule has 1 radical (unpaired) electrons. The number of hydrogen-bond donors (Lipinski definition) is 6. The van der Waals surface area contributed by atoms with Crippen LogP contribution in [-0.4, -0.2) is 77.8 Å². The SMILES string of the molecule is COCCCNS(=O)(=O)c1ccc(O)c(N=Nc2c(O)ccc3ccccc23)c1.COCCCNS(=O)(=O)c1ccc(O)c(N=Nc2c(O)ccc3ccccc23)c1.[Co].[Na+]. The molecule has 0 aliphatic carbocycles. The van der Waals surface area contributed by atoms with Gasteiger partial charge in [0.1, 0.15) is 45.7 Å². The summed E-state index contributed by atoms with van der Waals surface area (Å²) < 4.78 is 64.4. The van der Waals surface area contributed by atoms with Crippen molar-refractivity contribution in [3.8, 4) is 23.0 Å². The first-order valence-corrected chi connectivity index (χ1v) is 20.7. The fourth-order valence-corrected chi connectivity index (χ4v) is 7.61. The largest absolute Gasteiger partial charge is 1.00 e. The van der Waals surface area contributed by atoms with E-state index in [1.165, 1.54) is 48.5 Å². The summed E-state index contributed by atoms with van der Waals surface area (Å²) in [5.41, 5.74) is 0.399. The Hall–Kier alpha value is -4.51. The quantitative estimate of drug-likeness (QED) is 0.0433. The van der Waals surface area contributed by atoms with Crippen molar-refractivity contribution in [1.29, 1.82) is 0 Å². The van der Waals surface area contributed by atoms with Gasteiger partial charge in [0, 0.05) is 68.1 Å². The average molecular weight is 913 g/mol. The second-order valence-corrected chi connectivity index (χ2v) is 16.0. The Bertz CT molecular complexity index is 2490. The first-order chi connectivity index (χ1) is 27.8. The number of benzene rings is 6. The number of hydrogen-bond acceptors (Lipinski definition) is 14. The Kier molecular flexibility index (Phi) is 19.5. The monoisotopic (exact) mass is 912 g/mol. The molecule has 0 bridgehead atoms. The first-order valence-electron chi connectivity index (χ1n) is 17.7. The van der Waals surface area contributed by atoms with Crippen LogP contribution in [0.5, 0.6) is 23.0 Å². The van der Waals surface area contributed by atoms with Gasteiger partial charge in [-0.2, -0.15) is 0 Å². The molecule has 20 heteroatoms. The van der Waals surface area contributed by atoms with Crippen molar-refractivity contribution in [3.63, 3.8) is 0 Å². The zero-order chi connectivity index (χ0) is 41.7. The molecular weight excluding hydrogens is 871 g/mol. The molecule has 0 saturated heterocycles. The molecule has 0 aliphatic rings. The zero-order valence-corrected chi connectivity index (χ0v) is 37.5. The van der Waals surface area contributed by atoms with Gasteiger partial charge in [-0.25, -0.2) is 26.3 Å². The van der Waals surface area contributed by atoms with Crippen LogP contribution in [0.15, 0.2) is 139 Å². The minimum absolute atomic E-state index is 0. The molecule has 0 aromatic heterocycles. The van der Waals surface area contributed by atoms with E-state index >= 15 is 0 Å². The molecule has 0 saturated carbocycles. The minimum Gasteiger partial charge on any atom is -0.506 e. The second kappa shape index (κ2) is 23.5. The normalized spacial score (nSPS) is 11.6. The van der Waals surface area contributed by atoms with Crippen LogP contribution in [0.25, 0.3) is 21.5 Å². The molecule has 0 spiro atoms. The summed E-state index contributed by atoms with van der Waals surface area (Å²) >= 11 is 0. The van der Waals surface area contributed by atoms with Crippen LogP contribution in [-0.2, 0) is 46.3 Å². The summed E-state index contributed by atoms with van der Waals surface area (Å²) in [4.78, 5) is -0.104. The molecule has 0 unspecified atom stereocenters. The molecular formula is C40H42CoN6NaO10S2+. The standard InChI is InChI=1S/2C20H21N3O5S.Co.Na/c2*1-28-12-4-11-21-29(26,27)15-8-10-18(24)17(13-15)22-23-20-16-6-3-2-5-14(16)7-9-19(20)25;;/h2*2-3,5-10,13,21,24-25H,4,11-12H2,1H3;;/q;;;+1. The number of rotatable bonds is 16. The van der Waals surface area contributed by atoms with E-state index in [-0.39, 0.29) is 115 Å². The number of nitrogens with one attached hydrogen (secondary N) is 2. The van der Waals surface area contributed by atoms with Crippen molar-refractivity contribution < 1.29 is 93.1 Å². The summed E-state index contributed by atoms with van der Waals surface area (Å²) in [6, 6.07) is 28.6. The molecule has 0 fully saturated rings. The number of aromatic hydroxyl groups is 4. The Labute approximate surface area is 380 Å². The predicted octanol–water partition coefficient (Wildman–Crippen LogP) is 4.96. The number of methoxy groups -OCH3 is 2. The maximum atomic E-state index is 12.4. The average Bonchev–Trinajstić information content (AvgIpc) is 3.21. The molecule has 6 aromatic rings. The molecule has 0 atom stereocenters. The number of azo groups is 2. The van der Waals surface area contributed by atoms with Crippen molar-refractivity contribution in [1.82, 2.24) is 9.44 Å². The Balaban J connectivity index is 0.000000310. The van der Waals surface area contributed by atoms with E-state index in [4.69, 9.17) is 9.47 Å². The molecule has 16 nitrogen and oxygen atoms in total. The fraction of sp³-hybridized carbons (Fsp3) is 0.200. The summed E-state index contributed by atoms with van der Waals surface area (Å²) in [5, 5.41) is 59.6. The molecule has 0 amide bonds. The van der Waals surface area contributed by atoms with E-state index in [0.717, 1.165) is 10.8 Å². The maximum Gasteiger partial charge on any atom is 1.00 e. The van der Waals surface area contributed by atoms with Gasteiger partial charge in [0.15, 0.2) is 0 Å². The summed E-state index contributed by atoms with van der Waals surface area (Å²) in [6.45, 7) is 1.31. The van der Waals surface area contributed by atoms with Gasteiger partial charge in [0.25, 0.3) is 0 Å². The van der Waals surface area contributed by atoms with E-state index in [2.05, 4.69) is 29.9 Å². The van der Waals surface area contributed by atoms with Crippen LogP contribution in [0, 0.1) is 0 Å². The first kappa shape index (κ1) is 49.8. The van der Waals surface area contributed by atoms with Gasteiger partial charge >= 0.3 is 29.6 Å². The van der Waals surface area contributed by atoms with E-state index in [1.807, 2.05) is 24.3 Å². The molecule has 6 N–H and O–H groups in total. The van der Waals surface area contributed by atoms with Gasteiger partial charge in [0.05, 0.1) is 9.79 Å². The Morgan fingerprint density at radius 3 is 1.27 bits per heavy atom. The van der Waals surface area contributed by atoms with Gasteiger partial charge in [-0.1, -0.05) is 60.7 Å². The number of sulfonamides is 2. The Morgan fingerprint density at radius 2 is 0.883 bits per heavy atom. The number of nitrogens with zero attached hydrogens (tertiary/aromatic N) is 4. The van der Waals surface area contributed by atoms with E-state index in [1.54, 1.807) is 50.6 Å². The van der Waals surface area contributed by atoms with Crippen LogP contribution < -0.4 is 39.0 Å². The van der Waals surface area contributed by atoms with Crippen LogP contribution >= 0.6 is 0 Å².